The van der Waals surface area contributed by atoms with Gasteiger partial charge in [-0.05, 0) is 12.5 Å². The first-order valence-corrected chi connectivity index (χ1v) is 5.23. The van der Waals surface area contributed by atoms with E-state index in [2.05, 4.69) is 5.10 Å². The normalized spacial score (nSPS) is 10.8. The smallest absolute Gasteiger partial charge is 0.258 e. The molecule has 0 saturated carbocycles. The number of nitrogens with zero attached hydrogens (tertiary/aromatic N) is 3. The second kappa shape index (κ2) is 3.79. The molecule has 2 rings (SSSR count). The van der Waals surface area contributed by atoms with Crippen molar-refractivity contribution in [3.8, 4) is 11.1 Å². The van der Waals surface area contributed by atoms with Gasteiger partial charge >= 0.3 is 0 Å². The number of rotatable bonds is 1. The minimum absolute atomic E-state index is 0.0603. The molecule has 2 aromatic heterocycles. The fourth-order valence-corrected chi connectivity index (χ4v) is 1.91. The van der Waals surface area contributed by atoms with Gasteiger partial charge in [0, 0.05) is 32.1 Å². The van der Waals surface area contributed by atoms with Gasteiger partial charge in [-0.15, -0.1) is 0 Å². The summed E-state index contributed by atoms with van der Waals surface area (Å²) in [5.41, 5.74) is 2.14. The topological polar surface area (TPSA) is 39.8 Å². The molecule has 0 aliphatic carbocycles. The van der Waals surface area contributed by atoms with E-state index < -0.39 is 0 Å². The molecule has 0 aliphatic heterocycles. The monoisotopic (exact) mass is 237 g/mol. The summed E-state index contributed by atoms with van der Waals surface area (Å²) in [7, 11) is 3.50. The summed E-state index contributed by atoms with van der Waals surface area (Å²) in [6.07, 6.45) is 5.10. The third-order valence-electron chi connectivity index (χ3n) is 2.57. The van der Waals surface area contributed by atoms with Crippen molar-refractivity contribution >= 4 is 11.6 Å². The molecular weight excluding hydrogens is 226 g/mol. The lowest BCUT2D eigenvalue weighted by Crippen LogP contribution is -2.19. The molecule has 0 bridgehead atoms. The minimum Gasteiger partial charge on any atom is -0.317 e. The molecule has 84 valence electrons. The summed E-state index contributed by atoms with van der Waals surface area (Å²) in [6.45, 7) is 1.84. The van der Waals surface area contributed by atoms with E-state index in [4.69, 9.17) is 11.6 Å². The number of hydrogen-bond donors (Lipinski definition) is 0. The van der Waals surface area contributed by atoms with Gasteiger partial charge in [0.25, 0.3) is 5.56 Å². The fourth-order valence-electron chi connectivity index (χ4n) is 1.67. The van der Waals surface area contributed by atoms with Crippen LogP contribution in [0.15, 0.2) is 23.4 Å². The first-order valence-electron chi connectivity index (χ1n) is 4.85. The van der Waals surface area contributed by atoms with Crippen LogP contribution in [0.25, 0.3) is 11.1 Å². The fraction of sp³-hybridized carbons (Fsp3) is 0.273. The molecule has 0 N–H and O–H groups in total. The molecule has 0 atom stereocenters. The number of halogens is 1. The van der Waals surface area contributed by atoms with Gasteiger partial charge in [0.15, 0.2) is 0 Å². The molecule has 0 saturated heterocycles. The van der Waals surface area contributed by atoms with E-state index in [-0.39, 0.29) is 5.56 Å². The Morgan fingerprint density at radius 1 is 1.31 bits per heavy atom. The number of aryl methyl sites for hydroxylation is 2. The number of hydrogen-bond acceptors (Lipinski definition) is 2. The molecule has 0 aliphatic rings. The summed E-state index contributed by atoms with van der Waals surface area (Å²) in [4.78, 5) is 12.0. The molecule has 0 fully saturated rings. The predicted octanol–water partition coefficient (Wildman–Crippen LogP) is 1.75. The lowest BCUT2D eigenvalue weighted by atomic mass is 10.1. The van der Waals surface area contributed by atoms with Crippen LogP contribution in [0.3, 0.4) is 0 Å². The molecule has 0 aromatic carbocycles. The van der Waals surface area contributed by atoms with Gasteiger partial charge in [-0.3, -0.25) is 9.48 Å². The molecule has 2 aromatic rings. The summed E-state index contributed by atoms with van der Waals surface area (Å²) >= 11 is 6.06. The van der Waals surface area contributed by atoms with Crippen LogP contribution in [0.2, 0.25) is 5.02 Å². The highest BCUT2D eigenvalue weighted by molar-refractivity contribution is 6.31. The van der Waals surface area contributed by atoms with Crippen LogP contribution in [0.1, 0.15) is 5.56 Å². The van der Waals surface area contributed by atoms with E-state index in [0.29, 0.717) is 10.6 Å². The zero-order chi connectivity index (χ0) is 11.9. The zero-order valence-corrected chi connectivity index (χ0v) is 10.1. The van der Waals surface area contributed by atoms with Crippen molar-refractivity contribution in [2.75, 3.05) is 0 Å². The van der Waals surface area contributed by atoms with Crippen molar-refractivity contribution in [3.05, 3.63) is 39.5 Å². The van der Waals surface area contributed by atoms with E-state index in [1.54, 1.807) is 30.3 Å². The van der Waals surface area contributed by atoms with Crippen LogP contribution < -0.4 is 5.56 Å². The van der Waals surface area contributed by atoms with Gasteiger partial charge in [-0.2, -0.15) is 5.10 Å². The van der Waals surface area contributed by atoms with Crippen molar-refractivity contribution in [2.24, 2.45) is 14.1 Å². The first-order chi connectivity index (χ1) is 7.50. The molecule has 0 unspecified atom stereocenters. The molecule has 4 nitrogen and oxygen atoms in total. The molecule has 0 spiro atoms. The van der Waals surface area contributed by atoms with Crippen LogP contribution >= 0.6 is 11.6 Å². The highest BCUT2D eigenvalue weighted by Crippen LogP contribution is 2.24. The SMILES string of the molecule is Cc1c(Cl)cn(C)c(=O)c1-c1cnn(C)c1. The Labute approximate surface area is 98.1 Å². The van der Waals surface area contributed by atoms with Crippen molar-refractivity contribution in [3.63, 3.8) is 0 Å². The summed E-state index contributed by atoms with van der Waals surface area (Å²) in [5.74, 6) is 0. The summed E-state index contributed by atoms with van der Waals surface area (Å²) in [5, 5.41) is 4.64. The quantitative estimate of drug-likeness (QED) is 0.758. The van der Waals surface area contributed by atoms with Crippen molar-refractivity contribution in [1.82, 2.24) is 14.3 Å². The van der Waals surface area contributed by atoms with Crippen molar-refractivity contribution < 1.29 is 0 Å². The highest BCUT2D eigenvalue weighted by atomic mass is 35.5. The van der Waals surface area contributed by atoms with Gasteiger partial charge in [0.2, 0.25) is 0 Å². The molecule has 0 amide bonds. The molecule has 0 radical (unpaired) electrons. The maximum absolute atomic E-state index is 12.0. The maximum Gasteiger partial charge on any atom is 0.258 e. The Bertz CT molecular complexity index is 598. The van der Waals surface area contributed by atoms with Gasteiger partial charge < -0.3 is 4.57 Å². The molecule has 2 heterocycles. The second-order valence-corrected chi connectivity index (χ2v) is 4.20. The van der Waals surface area contributed by atoms with E-state index in [1.807, 2.05) is 14.0 Å². The van der Waals surface area contributed by atoms with Gasteiger partial charge in [0.1, 0.15) is 0 Å². The maximum atomic E-state index is 12.0. The average Bonchev–Trinajstić information content (AvgIpc) is 2.62. The third kappa shape index (κ3) is 1.65. The molecule has 5 heteroatoms. The first kappa shape index (κ1) is 11.0. The largest absolute Gasteiger partial charge is 0.317 e. The van der Waals surface area contributed by atoms with Crippen LogP contribution in [0, 0.1) is 6.92 Å². The summed E-state index contributed by atoms with van der Waals surface area (Å²) < 4.78 is 3.15. The predicted molar refractivity (Wildman–Crippen MR) is 63.6 cm³/mol. The Kier molecular flexibility index (Phi) is 2.59. The van der Waals surface area contributed by atoms with Gasteiger partial charge in [0.05, 0.1) is 16.8 Å². The Balaban J connectivity index is 2.78. The van der Waals surface area contributed by atoms with Crippen LogP contribution in [0.5, 0.6) is 0 Å². The molecular formula is C11H12ClN3O. The highest BCUT2D eigenvalue weighted by Gasteiger charge is 2.13. The van der Waals surface area contributed by atoms with E-state index in [1.165, 1.54) is 4.57 Å². The minimum atomic E-state index is -0.0603. The number of pyridine rings is 1. The van der Waals surface area contributed by atoms with E-state index in [9.17, 15) is 4.79 Å². The van der Waals surface area contributed by atoms with Crippen molar-refractivity contribution in [2.45, 2.75) is 6.92 Å². The van der Waals surface area contributed by atoms with Gasteiger partial charge in [-0.25, -0.2) is 0 Å². The van der Waals surface area contributed by atoms with E-state index >= 15 is 0 Å². The van der Waals surface area contributed by atoms with Gasteiger partial charge in [-0.1, -0.05) is 11.6 Å². The second-order valence-electron chi connectivity index (χ2n) is 3.80. The number of aromatic nitrogens is 3. The zero-order valence-electron chi connectivity index (χ0n) is 9.36. The standard InChI is InChI=1S/C11H12ClN3O/c1-7-9(12)6-14(2)11(16)10(7)8-4-13-15(3)5-8/h4-6H,1-3H3. The third-order valence-corrected chi connectivity index (χ3v) is 2.95. The lowest BCUT2D eigenvalue weighted by molar-refractivity contribution is 0.768. The summed E-state index contributed by atoms with van der Waals surface area (Å²) in [6, 6.07) is 0. The Morgan fingerprint density at radius 3 is 2.56 bits per heavy atom. The van der Waals surface area contributed by atoms with Crippen LogP contribution in [0.4, 0.5) is 0 Å². The molecule has 16 heavy (non-hydrogen) atoms. The van der Waals surface area contributed by atoms with Crippen LogP contribution in [-0.4, -0.2) is 14.3 Å². The van der Waals surface area contributed by atoms with Crippen molar-refractivity contribution in [1.29, 1.82) is 0 Å². The average molecular weight is 238 g/mol. The lowest BCUT2D eigenvalue weighted by Gasteiger charge is -2.07. The Morgan fingerprint density at radius 2 is 2.00 bits per heavy atom. The van der Waals surface area contributed by atoms with E-state index in [0.717, 1.165) is 11.1 Å². The van der Waals surface area contributed by atoms with Crippen LogP contribution in [-0.2, 0) is 14.1 Å². The Hall–Kier alpha value is -1.55.